The molecule has 0 fully saturated rings. The topological polar surface area (TPSA) is 105 Å². The fourth-order valence-corrected chi connectivity index (χ4v) is 6.86. The number of fused-ring (bicyclic) bond motifs is 4. The summed E-state index contributed by atoms with van der Waals surface area (Å²) in [6, 6.07) is 37.9. The van der Waals surface area contributed by atoms with E-state index in [1.807, 2.05) is 116 Å². The van der Waals surface area contributed by atoms with Crippen molar-refractivity contribution in [3.63, 3.8) is 0 Å². The maximum Gasteiger partial charge on any atom is 0.419 e. The van der Waals surface area contributed by atoms with E-state index in [0.717, 1.165) is 38.8 Å². The second-order valence-corrected chi connectivity index (χ2v) is 14.8. The molecule has 1 atom stereocenters. The molecule has 1 aliphatic carbocycles. The zero-order valence-electron chi connectivity index (χ0n) is 31.4. The van der Waals surface area contributed by atoms with Gasteiger partial charge < -0.3 is 24.3 Å². The molecule has 1 N–H and O–H groups in total. The normalized spacial score (nSPS) is 12.7. The quantitative estimate of drug-likeness (QED) is 0.104. The third-order valence-corrected chi connectivity index (χ3v) is 9.56. The number of para-hydroxylation sites is 1. The van der Waals surface area contributed by atoms with Gasteiger partial charge in [-0.05, 0) is 84.8 Å². The summed E-state index contributed by atoms with van der Waals surface area (Å²) >= 11 is 0. The third kappa shape index (κ3) is 8.73. The Labute approximate surface area is 320 Å². The van der Waals surface area contributed by atoms with Crippen molar-refractivity contribution in [2.45, 2.75) is 64.9 Å². The van der Waals surface area contributed by atoms with Gasteiger partial charge in [0.15, 0.2) is 0 Å². The highest BCUT2D eigenvalue weighted by Gasteiger charge is 2.31. The van der Waals surface area contributed by atoms with Crippen molar-refractivity contribution in [1.82, 2.24) is 9.88 Å². The molecular weight excluding hydrogens is 693 g/mol. The van der Waals surface area contributed by atoms with E-state index in [4.69, 9.17) is 18.9 Å². The zero-order chi connectivity index (χ0) is 38.5. The predicted octanol–water partition coefficient (Wildman–Crippen LogP) is 9.51. The van der Waals surface area contributed by atoms with E-state index >= 15 is 0 Å². The molecule has 0 unspecified atom stereocenters. The largest absolute Gasteiger partial charge is 0.489 e. The number of hydrogen-bond acceptors (Lipinski definition) is 7. The number of esters is 1. The fourth-order valence-electron chi connectivity index (χ4n) is 6.86. The van der Waals surface area contributed by atoms with E-state index in [0.29, 0.717) is 23.4 Å². The Kier molecular flexibility index (Phi) is 10.7. The number of ether oxygens (including phenoxy) is 4. The van der Waals surface area contributed by atoms with Crippen molar-refractivity contribution in [3.8, 4) is 16.9 Å². The molecule has 0 spiro atoms. The molecule has 280 valence electrons. The van der Waals surface area contributed by atoms with Crippen molar-refractivity contribution < 1.29 is 33.3 Å². The summed E-state index contributed by atoms with van der Waals surface area (Å²) in [6.45, 7) is 7.93. The Bertz CT molecular complexity index is 2270. The van der Waals surface area contributed by atoms with E-state index in [1.165, 1.54) is 10.1 Å². The smallest absolute Gasteiger partial charge is 0.419 e. The highest BCUT2D eigenvalue weighted by molar-refractivity contribution is 5.93. The Balaban J connectivity index is 1.07. The van der Waals surface area contributed by atoms with Gasteiger partial charge in [0, 0.05) is 23.9 Å². The molecule has 1 aromatic heterocycles. The molecule has 1 heterocycles. The molecule has 5 aromatic carbocycles. The van der Waals surface area contributed by atoms with Crippen LogP contribution in [0.5, 0.6) is 5.75 Å². The van der Waals surface area contributed by atoms with Gasteiger partial charge in [-0.15, -0.1) is 0 Å². The van der Waals surface area contributed by atoms with Gasteiger partial charge in [0.05, 0.1) is 5.52 Å². The van der Waals surface area contributed by atoms with Crippen LogP contribution in [0.15, 0.2) is 128 Å². The predicted molar refractivity (Wildman–Crippen MR) is 211 cm³/mol. The molecular formula is C46H44N2O7. The maximum absolute atomic E-state index is 13.8. The monoisotopic (exact) mass is 736 g/mol. The molecule has 7 rings (SSSR count). The van der Waals surface area contributed by atoms with Crippen LogP contribution in [0.1, 0.15) is 60.1 Å². The summed E-state index contributed by atoms with van der Waals surface area (Å²) in [4.78, 5) is 40.6. The van der Waals surface area contributed by atoms with Crippen LogP contribution in [0.4, 0.5) is 9.59 Å². The average molecular weight is 737 g/mol. The van der Waals surface area contributed by atoms with Gasteiger partial charge in [-0.3, -0.25) is 4.57 Å². The number of alkyl carbamates (subject to hydrolysis) is 1. The molecule has 55 heavy (non-hydrogen) atoms. The maximum atomic E-state index is 13.8. The number of benzene rings is 5. The summed E-state index contributed by atoms with van der Waals surface area (Å²) in [5.41, 5.74) is 7.93. The van der Waals surface area contributed by atoms with Gasteiger partial charge in [0.2, 0.25) is 0 Å². The summed E-state index contributed by atoms with van der Waals surface area (Å²) < 4.78 is 24.7. The van der Waals surface area contributed by atoms with Gasteiger partial charge in [-0.25, -0.2) is 14.4 Å². The standard InChI is InChI=1S/C46H44N2O7/c1-30-17-19-31(20-18-30)27-52-34-23-21-32(22-24-34)28-53-43(49)41(25-33-26-48(45(51)55-46(2,3)4)42-16-10-9-11-35(33)42)47-44(50)54-29-40-38-14-7-5-12-36(38)37-13-6-8-15-39(37)40/h5-24,26,40-41H,25,27-29H2,1-4H3,(H,47,50)/t41-/m0/s1. The number of nitrogens with one attached hydrogen (secondary N) is 1. The molecule has 9 heteroatoms. The van der Waals surface area contributed by atoms with Gasteiger partial charge in [0.25, 0.3) is 0 Å². The highest BCUT2D eigenvalue weighted by Crippen LogP contribution is 2.44. The van der Waals surface area contributed by atoms with Crippen molar-refractivity contribution in [1.29, 1.82) is 0 Å². The zero-order valence-corrected chi connectivity index (χ0v) is 31.4. The first-order valence-electron chi connectivity index (χ1n) is 18.4. The van der Waals surface area contributed by atoms with Crippen molar-refractivity contribution in [2.24, 2.45) is 0 Å². The van der Waals surface area contributed by atoms with Crippen molar-refractivity contribution in [2.75, 3.05) is 6.61 Å². The molecule has 1 amide bonds. The van der Waals surface area contributed by atoms with E-state index in [-0.39, 0.29) is 25.6 Å². The van der Waals surface area contributed by atoms with Crippen LogP contribution >= 0.6 is 0 Å². The van der Waals surface area contributed by atoms with Gasteiger partial charge in [-0.2, -0.15) is 0 Å². The summed E-state index contributed by atoms with van der Waals surface area (Å²) in [7, 11) is 0. The summed E-state index contributed by atoms with van der Waals surface area (Å²) in [5, 5.41) is 3.52. The number of rotatable bonds is 11. The Morgan fingerprint density at radius 2 is 1.33 bits per heavy atom. The van der Waals surface area contributed by atoms with E-state index in [9.17, 15) is 14.4 Å². The Morgan fingerprint density at radius 3 is 2.00 bits per heavy atom. The van der Waals surface area contributed by atoms with Gasteiger partial charge in [0.1, 0.15) is 37.2 Å². The van der Waals surface area contributed by atoms with Crippen LogP contribution < -0.4 is 10.1 Å². The lowest BCUT2D eigenvalue weighted by Gasteiger charge is -2.20. The Morgan fingerprint density at radius 1 is 0.727 bits per heavy atom. The van der Waals surface area contributed by atoms with Crippen LogP contribution in [0.25, 0.3) is 22.0 Å². The van der Waals surface area contributed by atoms with E-state index in [1.54, 1.807) is 27.0 Å². The Hall–Kier alpha value is -6.35. The number of nitrogens with zero attached hydrogens (tertiary/aromatic N) is 1. The molecule has 0 bridgehead atoms. The molecule has 0 aliphatic heterocycles. The lowest BCUT2D eigenvalue weighted by Crippen LogP contribution is -2.43. The number of carbonyl (C=O) groups excluding carboxylic acids is 3. The van der Waals surface area contributed by atoms with E-state index in [2.05, 4.69) is 17.4 Å². The van der Waals surface area contributed by atoms with Crippen LogP contribution in [-0.4, -0.2) is 41.0 Å². The fraction of sp³-hybridized carbons (Fsp3) is 0.239. The van der Waals surface area contributed by atoms with Crippen molar-refractivity contribution in [3.05, 3.63) is 161 Å². The minimum atomic E-state index is -1.13. The minimum absolute atomic E-state index is 0.0282. The number of carbonyl (C=O) groups is 3. The van der Waals surface area contributed by atoms with Crippen molar-refractivity contribution >= 4 is 29.1 Å². The lowest BCUT2D eigenvalue weighted by atomic mass is 9.98. The third-order valence-electron chi connectivity index (χ3n) is 9.56. The SMILES string of the molecule is Cc1ccc(COc2ccc(COC(=O)[C@H](Cc3cn(C(=O)OC(C)(C)C)c4ccccc34)NC(=O)OCC3c4ccccc4-c4ccccc43)cc2)cc1. The second-order valence-electron chi connectivity index (χ2n) is 14.8. The van der Waals surface area contributed by atoms with Crippen LogP contribution in [0, 0.1) is 6.92 Å². The molecule has 1 aliphatic rings. The molecule has 0 radical (unpaired) electrons. The first-order chi connectivity index (χ1) is 26.5. The number of hydrogen-bond donors (Lipinski definition) is 1. The van der Waals surface area contributed by atoms with Gasteiger partial charge >= 0.3 is 18.2 Å². The summed E-state index contributed by atoms with van der Waals surface area (Å²) in [6.07, 6.45) is 0.374. The molecule has 9 nitrogen and oxygen atoms in total. The highest BCUT2D eigenvalue weighted by atomic mass is 16.6. The van der Waals surface area contributed by atoms with Crippen LogP contribution in [0.3, 0.4) is 0 Å². The number of amides is 1. The number of aryl methyl sites for hydroxylation is 1. The minimum Gasteiger partial charge on any atom is -0.489 e. The molecule has 0 saturated heterocycles. The van der Waals surface area contributed by atoms with Crippen LogP contribution in [0.2, 0.25) is 0 Å². The van der Waals surface area contributed by atoms with Crippen LogP contribution in [-0.2, 0) is 38.6 Å². The van der Waals surface area contributed by atoms with E-state index < -0.39 is 29.8 Å². The first-order valence-corrected chi connectivity index (χ1v) is 18.4. The second kappa shape index (κ2) is 15.9. The summed E-state index contributed by atoms with van der Waals surface area (Å²) in [5.74, 6) is -0.117. The first kappa shape index (κ1) is 37.0. The lowest BCUT2D eigenvalue weighted by molar-refractivity contribution is -0.147. The molecule has 0 saturated carbocycles. The van der Waals surface area contributed by atoms with Gasteiger partial charge in [-0.1, -0.05) is 109 Å². The average Bonchev–Trinajstić information content (AvgIpc) is 3.71. The number of aromatic nitrogens is 1. The molecule has 6 aromatic rings.